The van der Waals surface area contributed by atoms with Crippen molar-refractivity contribution in [2.24, 2.45) is 4.99 Å². The second kappa shape index (κ2) is 7.98. The van der Waals surface area contributed by atoms with Crippen molar-refractivity contribution in [1.82, 2.24) is 0 Å². The lowest BCUT2D eigenvalue weighted by Gasteiger charge is -2.47. The third-order valence-corrected chi connectivity index (χ3v) is 8.57. The summed E-state index contributed by atoms with van der Waals surface area (Å²) in [7, 11) is 1.61. The van der Waals surface area contributed by atoms with Crippen LogP contribution in [0.2, 0.25) is 0 Å². The zero-order valence-electron chi connectivity index (χ0n) is 17.8. The smallest absolute Gasteiger partial charge is 0.335 e. The minimum absolute atomic E-state index is 0.0700. The molecule has 0 saturated heterocycles. The largest absolute Gasteiger partial charge is 0.497 e. The second-order valence-corrected chi connectivity index (χ2v) is 10.0. The van der Waals surface area contributed by atoms with Gasteiger partial charge in [-0.25, -0.2) is 4.79 Å². The lowest BCUT2D eigenvalue weighted by atomic mass is 9.53. The van der Waals surface area contributed by atoms with Crippen molar-refractivity contribution in [3.63, 3.8) is 0 Å². The van der Waals surface area contributed by atoms with E-state index in [0.717, 1.165) is 15.3 Å². The summed E-state index contributed by atoms with van der Waals surface area (Å²) in [5.41, 5.74) is -1.40. The molecule has 3 heterocycles. The molecule has 3 aromatic rings. The molecule has 0 unspecified atom stereocenters. The maximum Gasteiger partial charge on any atom is 0.335 e. The molecule has 1 saturated carbocycles. The number of Topliss-reactive ketones (excluding diaryl/α,β-unsaturated/α-hetero) is 1. The molecule has 0 amide bonds. The standard InChI is InChI=1S/C25H23NO4S2/c1-3-30-23(28)25-18(19-6-4-12-31-19)14-21(27)24(15-26-25,22(25)20-7-5-13-32-20)16-8-10-17(29-2)11-9-16/h4-13,15,18,22H,3,14H2,1-2H3/t18-,22+,24+,25+/m1/s1. The van der Waals surface area contributed by atoms with Crippen molar-refractivity contribution in [3.05, 3.63) is 74.6 Å². The summed E-state index contributed by atoms with van der Waals surface area (Å²) < 4.78 is 11.0. The summed E-state index contributed by atoms with van der Waals surface area (Å²) >= 11 is 3.11. The van der Waals surface area contributed by atoms with Crippen LogP contribution in [0.15, 0.2) is 64.3 Å². The molecule has 2 aromatic heterocycles. The van der Waals surface area contributed by atoms with Crippen LogP contribution in [0, 0.1) is 0 Å². The van der Waals surface area contributed by atoms with E-state index in [2.05, 4.69) is 0 Å². The molecule has 1 aromatic carbocycles. The maximum atomic E-state index is 14.0. The van der Waals surface area contributed by atoms with Gasteiger partial charge in [0.1, 0.15) is 11.5 Å². The molecule has 1 fully saturated rings. The lowest BCUT2D eigenvalue weighted by Crippen LogP contribution is -2.58. The predicted octanol–water partition coefficient (Wildman–Crippen LogP) is 4.98. The third-order valence-electron chi connectivity index (χ3n) is 6.64. The van der Waals surface area contributed by atoms with Gasteiger partial charge in [-0.3, -0.25) is 9.79 Å². The molecule has 7 heteroatoms. The van der Waals surface area contributed by atoms with E-state index in [0.29, 0.717) is 5.75 Å². The molecule has 2 bridgehead atoms. The number of methoxy groups -OCH3 is 1. The average molecular weight is 466 g/mol. The Morgan fingerprint density at radius 1 is 1.09 bits per heavy atom. The summed E-state index contributed by atoms with van der Waals surface area (Å²) in [6.07, 6.45) is 1.96. The number of rotatable bonds is 6. The molecule has 164 valence electrons. The SMILES string of the molecule is CCOC(=O)[C@]12N=C[C@](c3ccc(OC)cc3)(C(=O)C[C@@H]1c1cccs1)[C@@H]2c1cccs1. The van der Waals surface area contributed by atoms with Crippen molar-refractivity contribution < 1.29 is 19.1 Å². The second-order valence-electron chi connectivity index (χ2n) is 8.05. The maximum absolute atomic E-state index is 14.0. The van der Waals surface area contributed by atoms with E-state index < -0.39 is 16.9 Å². The van der Waals surface area contributed by atoms with Gasteiger partial charge in [0.2, 0.25) is 0 Å². The molecule has 0 radical (unpaired) electrons. The number of carbonyl (C=O) groups excluding carboxylic acids is 2. The highest BCUT2D eigenvalue weighted by Gasteiger charge is 2.71. The number of ketones is 1. The van der Waals surface area contributed by atoms with Crippen LogP contribution in [-0.4, -0.2) is 37.2 Å². The molecule has 4 atom stereocenters. The Hall–Kier alpha value is -2.77. The molecular weight excluding hydrogens is 442 g/mol. The van der Waals surface area contributed by atoms with E-state index in [1.807, 2.05) is 59.3 Å². The zero-order chi connectivity index (χ0) is 22.3. The van der Waals surface area contributed by atoms with Crippen LogP contribution in [0.25, 0.3) is 0 Å². The minimum atomic E-state index is -1.19. The first kappa shape index (κ1) is 21.1. The number of thiophene rings is 2. The summed E-state index contributed by atoms with van der Waals surface area (Å²) in [5, 5.41) is 3.96. The predicted molar refractivity (Wildman–Crippen MR) is 126 cm³/mol. The topological polar surface area (TPSA) is 65.0 Å². The Morgan fingerprint density at radius 3 is 2.38 bits per heavy atom. The number of aliphatic imine (C=N–C) groups is 1. The van der Waals surface area contributed by atoms with Gasteiger partial charge in [-0.15, -0.1) is 22.7 Å². The minimum Gasteiger partial charge on any atom is -0.497 e. The highest BCUT2D eigenvalue weighted by Crippen LogP contribution is 2.62. The summed E-state index contributed by atoms with van der Waals surface area (Å²) in [4.78, 5) is 34.6. The van der Waals surface area contributed by atoms with Crippen LogP contribution in [0.3, 0.4) is 0 Å². The van der Waals surface area contributed by atoms with E-state index in [9.17, 15) is 9.59 Å². The highest BCUT2D eigenvalue weighted by atomic mass is 32.1. The summed E-state index contributed by atoms with van der Waals surface area (Å²) in [6.45, 7) is 2.06. The van der Waals surface area contributed by atoms with E-state index >= 15 is 0 Å². The van der Waals surface area contributed by atoms with E-state index in [4.69, 9.17) is 14.5 Å². The summed E-state index contributed by atoms with van der Waals surface area (Å²) in [6, 6.07) is 15.4. The molecule has 5 nitrogen and oxygen atoms in total. The fraction of sp³-hybridized carbons (Fsp3) is 0.320. The van der Waals surface area contributed by atoms with E-state index in [-0.39, 0.29) is 30.7 Å². The van der Waals surface area contributed by atoms with Crippen molar-refractivity contribution in [2.45, 2.75) is 36.1 Å². The molecule has 1 aliphatic heterocycles. The van der Waals surface area contributed by atoms with Crippen molar-refractivity contribution in [3.8, 4) is 5.75 Å². The van der Waals surface area contributed by atoms with Crippen LogP contribution in [-0.2, 0) is 19.7 Å². The van der Waals surface area contributed by atoms with Gasteiger partial charge in [0, 0.05) is 28.3 Å². The Kier molecular flexibility index (Phi) is 5.26. The van der Waals surface area contributed by atoms with Crippen LogP contribution >= 0.6 is 22.7 Å². The molecule has 1 aliphatic carbocycles. The number of nitrogens with zero attached hydrogens (tertiary/aromatic N) is 1. The normalized spacial score (nSPS) is 28.6. The van der Waals surface area contributed by atoms with Crippen molar-refractivity contribution in [2.75, 3.05) is 13.7 Å². The van der Waals surface area contributed by atoms with Gasteiger partial charge >= 0.3 is 5.97 Å². The monoisotopic (exact) mass is 465 g/mol. The van der Waals surface area contributed by atoms with Crippen LogP contribution < -0.4 is 4.74 Å². The van der Waals surface area contributed by atoms with Gasteiger partial charge in [0.05, 0.1) is 25.0 Å². The lowest BCUT2D eigenvalue weighted by molar-refractivity contribution is -0.153. The van der Waals surface area contributed by atoms with Gasteiger partial charge in [0.15, 0.2) is 5.54 Å². The van der Waals surface area contributed by atoms with Gasteiger partial charge < -0.3 is 9.47 Å². The Labute approximate surface area is 194 Å². The van der Waals surface area contributed by atoms with Gasteiger partial charge in [-0.2, -0.15) is 0 Å². The number of esters is 1. The number of hydrogen-bond acceptors (Lipinski definition) is 7. The quantitative estimate of drug-likeness (QED) is 0.482. The number of benzene rings is 1. The fourth-order valence-corrected chi connectivity index (χ4v) is 7.14. The first-order valence-corrected chi connectivity index (χ1v) is 12.3. The van der Waals surface area contributed by atoms with Gasteiger partial charge in [-0.1, -0.05) is 24.3 Å². The zero-order valence-corrected chi connectivity index (χ0v) is 19.4. The third kappa shape index (κ3) is 2.84. The molecular formula is C25H23NO4S2. The fourth-order valence-electron chi connectivity index (χ4n) is 5.27. The number of carbonyl (C=O) groups is 2. The number of hydrogen-bond donors (Lipinski definition) is 0. The van der Waals surface area contributed by atoms with Crippen LogP contribution in [0.1, 0.15) is 40.5 Å². The van der Waals surface area contributed by atoms with Crippen molar-refractivity contribution in [1.29, 1.82) is 0 Å². The first-order valence-electron chi connectivity index (χ1n) is 10.6. The van der Waals surface area contributed by atoms with Gasteiger partial charge in [-0.05, 0) is 47.5 Å². The van der Waals surface area contributed by atoms with Crippen LogP contribution in [0.4, 0.5) is 0 Å². The molecule has 2 aliphatic rings. The summed E-state index contributed by atoms with van der Waals surface area (Å²) in [5.74, 6) is -0.428. The van der Waals surface area contributed by atoms with Crippen LogP contribution in [0.5, 0.6) is 5.75 Å². The average Bonchev–Trinajstić information content (AvgIpc) is 3.57. The first-order chi connectivity index (χ1) is 15.6. The Morgan fingerprint density at radius 2 is 1.78 bits per heavy atom. The van der Waals surface area contributed by atoms with E-state index in [1.54, 1.807) is 42.9 Å². The molecule has 0 spiro atoms. The van der Waals surface area contributed by atoms with Crippen molar-refractivity contribution >= 4 is 40.6 Å². The highest BCUT2D eigenvalue weighted by molar-refractivity contribution is 7.10. The van der Waals surface area contributed by atoms with E-state index in [1.165, 1.54) is 0 Å². The van der Waals surface area contributed by atoms with Gasteiger partial charge in [0.25, 0.3) is 0 Å². The molecule has 5 rings (SSSR count). The molecule has 0 N–H and O–H groups in total. The molecule has 32 heavy (non-hydrogen) atoms. The Balaban J connectivity index is 1.77. The number of ether oxygens (including phenoxy) is 2. The Bertz CT molecular complexity index is 1150. The number of fused-ring (bicyclic) bond motifs is 2.